The number of rotatable bonds is 71. The Morgan fingerprint density at radius 2 is 0.452 bits per heavy atom. The number of hydrogen-bond donors (Lipinski definition) is 3. The van der Waals surface area contributed by atoms with Crippen LogP contribution in [0.2, 0.25) is 0 Å². The van der Waals surface area contributed by atoms with Gasteiger partial charge in [0.05, 0.1) is 26.4 Å². The summed E-state index contributed by atoms with van der Waals surface area (Å²) in [6, 6.07) is 0. The van der Waals surface area contributed by atoms with E-state index >= 15 is 0 Å². The van der Waals surface area contributed by atoms with Gasteiger partial charge in [0.15, 0.2) is 12.2 Å². The van der Waals surface area contributed by atoms with Crippen LogP contribution in [0.3, 0.4) is 0 Å². The predicted molar refractivity (Wildman–Crippen MR) is 377 cm³/mol. The number of phosphoric ester groups is 2. The number of esters is 4. The lowest BCUT2D eigenvalue weighted by atomic mass is 10.0. The fourth-order valence-corrected chi connectivity index (χ4v) is 12.8. The zero-order chi connectivity index (χ0) is 68.9. The maximum absolute atomic E-state index is 13.1. The minimum absolute atomic E-state index is 0.105. The van der Waals surface area contributed by atoms with E-state index < -0.39 is 97.5 Å². The van der Waals surface area contributed by atoms with Gasteiger partial charge in [0.2, 0.25) is 0 Å². The first kappa shape index (κ1) is 91.1. The second-order valence-corrected chi connectivity index (χ2v) is 31.5. The monoisotopic (exact) mass is 1370 g/mol. The molecule has 17 nitrogen and oxygen atoms in total. The quantitative estimate of drug-likeness (QED) is 0.0222. The summed E-state index contributed by atoms with van der Waals surface area (Å²) in [5, 5.41) is 10.6. The molecule has 0 fully saturated rings. The van der Waals surface area contributed by atoms with Crippen LogP contribution >= 0.6 is 15.6 Å². The lowest BCUT2D eigenvalue weighted by molar-refractivity contribution is -0.161. The van der Waals surface area contributed by atoms with Crippen molar-refractivity contribution in [3.63, 3.8) is 0 Å². The molecule has 0 heterocycles. The molecule has 0 aromatic heterocycles. The van der Waals surface area contributed by atoms with E-state index in [0.717, 1.165) is 114 Å². The molecule has 19 heteroatoms. The zero-order valence-corrected chi connectivity index (χ0v) is 62.7. The van der Waals surface area contributed by atoms with E-state index in [9.17, 15) is 43.2 Å². The number of unbranched alkanes of at least 4 members (excludes halogenated alkanes) is 37. The van der Waals surface area contributed by atoms with Crippen LogP contribution in [-0.4, -0.2) is 96.7 Å². The highest BCUT2D eigenvalue weighted by atomic mass is 31.2. The van der Waals surface area contributed by atoms with Crippen LogP contribution < -0.4 is 0 Å². The summed E-state index contributed by atoms with van der Waals surface area (Å²) >= 11 is 0. The number of aliphatic hydroxyl groups is 1. The van der Waals surface area contributed by atoms with Crippen molar-refractivity contribution in [2.45, 2.75) is 388 Å². The minimum Gasteiger partial charge on any atom is -0.462 e. The molecule has 0 aliphatic carbocycles. The van der Waals surface area contributed by atoms with Gasteiger partial charge in [0, 0.05) is 25.7 Å². The molecule has 0 spiro atoms. The van der Waals surface area contributed by atoms with Gasteiger partial charge in [-0.1, -0.05) is 319 Å². The SMILES string of the molecule is CC(C)CCCCCCCCCCCCCCCC(=O)O[C@H](COC(=O)CCCCCCCCCCCCCC(C)C)COP(=O)(O)OC[C@@H](O)COP(=O)(O)OC[C@@H](COC(=O)CCCCCCCCC(C)C)OC(=O)CCCCCCCCCCCCCC(C)C. The van der Waals surface area contributed by atoms with Crippen molar-refractivity contribution < 1.29 is 80.2 Å². The summed E-state index contributed by atoms with van der Waals surface area (Å²) in [7, 11) is -9.91. The molecule has 0 amide bonds. The van der Waals surface area contributed by atoms with Crippen LogP contribution in [0.15, 0.2) is 0 Å². The number of hydrogen-bond acceptors (Lipinski definition) is 15. The predicted octanol–water partition coefficient (Wildman–Crippen LogP) is 21.3. The third-order valence-corrected chi connectivity index (χ3v) is 19.0. The minimum atomic E-state index is -4.96. The van der Waals surface area contributed by atoms with Crippen molar-refractivity contribution >= 4 is 39.5 Å². The zero-order valence-electron chi connectivity index (χ0n) is 60.9. The van der Waals surface area contributed by atoms with Crippen molar-refractivity contribution in [2.75, 3.05) is 39.6 Å². The second kappa shape index (κ2) is 63.5. The number of carbonyl (C=O) groups excluding carboxylic acids is 4. The molecule has 0 saturated heterocycles. The fraction of sp³-hybridized carbons (Fsp3) is 0.946. The number of carbonyl (C=O) groups is 4. The number of aliphatic hydroxyl groups excluding tert-OH is 1. The van der Waals surface area contributed by atoms with Gasteiger partial charge < -0.3 is 33.8 Å². The van der Waals surface area contributed by atoms with E-state index in [0.29, 0.717) is 31.6 Å². The molecule has 0 aromatic rings. The first-order chi connectivity index (χ1) is 44.6. The molecule has 5 atom stereocenters. The first-order valence-corrected chi connectivity index (χ1v) is 41.2. The lowest BCUT2D eigenvalue weighted by Gasteiger charge is -2.21. The van der Waals surface area contributed by atoms with E-state index in [4.69, 9.17) is 37.0 Å². The molecule has 552 valence electrons. The van der Waals surface area contributed by atoms with Gasteiger partial charge in [-0.3, -0.25) is 37.3 Å². The summed E-state index contributed by atoms with van der Waals surface area (Å²) in [4.78, 5) is 72.7. The largest absolute Gasteiger partial charge is 0.472 e. The highest BCUT2D eigenvalue weighted by Gasteiger charge is 2.30. The van der Waals surface area contributed by atoms with E-state index in [1.165, 1.54) is 167 Å². The fourth-order valence-electron chi connectivity index (χ4n) is 11.2. The smallest absolute Gasteiger partial charge is 0.462 e. The third kappa shape index (κ3) is 68.4. The van der Waals surface area contributed by atoms with Crippen molar-refractivity contribution in [1.82, 2.24) is 0 Å². The molecule has 2 unspecified atom stereocenters. The molecule has 93 heavy (non-hydrogen) atoms. The summed E-state index contributed by atoms with van der Waals surface area (Å²) in [5.74, 6) is 0.878. The van der Waals surface area contributed by atoms with Crippen molar-refractivity contribution in [3.8, 4) is 0 Å². The topological polar surface area (TPSA) is 237 Å². The highest BCUT2D eigenvalue weighted by Crippen LogP contribution is 2.45. The third-order valence-electron chi connectivity index (χ3n) is 17.1. The highest BCUT2D eigenvalue weighted by molar-refractivity contribution is 7.47. The molecule has 0 aliphatic rings. The summed E-state index contributed by atoms with van der Waals surface area (Å²) in [6.45, 7) is 14.1. The average molecular weight is 1370 g/mol. The maximum atomic E-state index is 13.1. The van der Waals surface area contributed by atoms with Crippen molar-refractivity contribution in [3.05, 3.63) is 0 Å². The molecular weight excluding hydrogens is 1220 g/mol. The Hall–Kier alpha value is -1.94. The van der Waals surface area contributed by atoms with Crippen LogP contribution in [0.5, 0.6) is 0 Å². The van der Waals surface area contributed by atoms with Crippen molar-refractivity contribution in [2.24, 2.45) is 23.7 Å². The number of ether oxygens (including phenoxy) is 4. The van der Waals surface area contributed by atoms with Gasteiger partial charge in [-0.2, -0.15) is 0 Å². The Kier molecular flexibility index (Phi) is 62.2. The Morgan fingerprint density at radius 3 is 0.667 bits per heavy atom. The molecule has 0 aliphatic heterocycles. The van der Waals surface area contributed by atoms with Gasteiger partial charge in [0.25, 0.3) is 0 Å². The Balaban J connectivity index is 5.25. The molecule has 0 rings (SSSR count). The van der Waals surface area contributed by atoms with Gasteiger partial charge in [-0.05, 0) is 49.4 Å². The molecular formula is C74H144O17P2. The van der Waals surface area contributed by atoms with Crippen LogP contribution in [0.25, 0.3) is 0 Å². The molecule has 0 radical (unpaired) electrons. The van der Waals surface area contributed by atoms with Crippen molar-refractivity contribution in [1.29, 1.82) is 0 Å². The summed E-state index contributed by atoms with van der Waals surface area (Å²) in [5.41, 5.74) is 0. The van der Waals surface area contributed by atoms with Gasteiger partial charge in [-0.25, -0.2) is 9.13 Å². The molecule has 0 saturated carbocycles. The van der Waals surface area contributed by atoms with E-state index in [2.05, 4.69) is 55.4 Å². The second-order valence-electron chi connectivity index (χ2n) is 28.6. The Labute approximate surface area is 568 Å². The van der Waals surface area contributed by atoms with E-state index in [-0.39, 0.29) is 25.7 Å². The molecule has 3 N–H and O–H groups in total. The van der Waals surface area contributed by atoms with Crippen LogP contribution in [-0.2, 0) is 65.4 Å². The van der Waals surface area contributed by atoms with E-state index in [1.54, 1.807) is 0 Å². The number of phosphoric acid groups is 2. The normalized spacial score (nSPS) is 14.2. The standard InChI is InChI=1S/C74H144O17P2/c1-64(2)50-42-34-26-20-14-10-9-11-17-24-30-40-48-56-73(78)90-69(60-84-71(76)54-46-38-29-23-18-12-15-21-27-35-43-51-65(3)4)62-88-92(80,81)86-58-68(75)59-87-93(82,83)89-63-70(61-85-72(77)55-47-39-33-32-37-45-53-67(7)8)91-74(79)57-49-41-31-25-19-13-16-22-28-36-44-52-66(5)6/h64-70,75H,9-63H2,1-8H3,(H,80,81)(H,82,83)/t68-,69-,70-/m1/s1. The maximum Gasteiger partial charge on any atom is 0.472 e. The summed E-state index contributed by atoms with van der Waals surface area (Å²) < 4.78 is 68.4. The molecule has 0 bridgehead atoms. The van der Waals surface area contributed by atoms with Crippen LogP contribution in [0.4, 0.5) is 0 Å². The van der Waals surface area contributed by atoms with Crippen LogP contribution in [0, 0.1) is 23.7 Å². The Bertz CT molecular complexity index is 1830. The lowest BCUT2D eigenvalue weighted by Crippen LogP contribution is -2.30. The van der Waals surface area contributed by atoms with Gasteiger partial charge >= 0.3 is 39.5 Å². The molecule has 0 aromatic carbocycles. The summed E-state index contributed by atoms with van der Waals surface area (Å²) in [6.07, 6.45) is 47.3. The Morgan fingerprint density at radius 1 is 0.269 bits per heavy atom. The van der Waals surface area contributed by atoms with Gasteiger partial charge in [-0.15, -0.1) is 0 Å². The van der Waals surface area contributed by atoms with Crippen LogP contribution in [0.1, 0.15) is 370 Å². The van der Waals surface area contributed by atoms with E-state index in [1.807, 2.05) is 0 Å². The first-order valence-electron chi connectivity index (χ1n) is 38.2. The average Bonchev–Trinajstić information content (AvgIpc) is 2.07. The van der Waals surface area contributed by atoms with Gasteiger partial charge in [0.1, 0.15) is 19.3 Å².